The van der Waals surface area contributed by atoms with Crippen molar-refractivity contribution in [3.63, 3.8) is 0 Å². The van der Waals surface area contributed by atoms with Crippen LogP contribution in [0.5, 0.6) is 0 Å². The summed E-state index contributed by atoms with van der Waals surface area (Å²) < 4.78 is 5.36. The lowest BCUT2D eigenvalue weighted by Gasteiger charge is -2.36. The molecule has 0 bridgehead atoms. The number of benzene rings is 1. The number of likely N-dealkylation sites (tertiary alicyclic amines) is 1. The fraction of sp³-hybridized carbons (Fsp3) is 0.609. The first-order valence-corrected chi connectivity index (χ1v) is 11.2. The highest BCUT2D eigenvalue weighted by Crippen LogP contribution is 2.20. The van der Waals surface area contributed by atoms with Crippen molar-refractivity contribution in [2.75, 3.05) is 66.6 Å². The molecule has 0 aromatic heterocycles. The second-order valence-electron chi connectivity index (χ2n) is 8.29. The molecule has 2 aliphatic heterocycles. The Morgan fingerprint density at radius 2 is 1.72 bits per heavy atom. The van der Waals surface area contributed by atoms with Gasteiger partial charge >= 0.3 is 0 Å². The number of halogens is 1. The Morgan fingerprint density at radius 1 is 1.06 bits per heavy atom. The standard InChI is InChI=1S/C23H35N5O3.HI/c1-26(2)21(29)18-25-23(24-11-8-19-6-4-3-5-7-19)28-12-9-20(10-13-28)22(30)27-14-16-31-17-15-27;/h3-7,20H,8-18H2,1-2H3,(H,24,25);1H. The highest BCUT2D eigenvalue weighted by atomic mass is 127. The van der Waals surface area contributed by atoms with Gasteiger partial charge in [0.25, 0.3) is 0 Å². The number of ether oxygens (including phenoxy) is 1. The van der Waals surface area contributed by atoms with Crippen molar-refractivity contribution >= 4 is 41.8 Å². The normalized spacial score (nSPS) is 17.5. The van der Waals surface area contributed by atoms with Gasteiger partial charge in [0, 0.05) is 52.7 Å². The first-order valence-electron chi connectivity index (χ1n) is 11.2. The van der Waals surface area contributed by atoms with Crippen molar-refractivity contribution in [2.45, 2.75) is 19.3 Å². The van der Waals surface area contributed by atoms with Crippen LogP contribution in [0.4, 0.5) is 0 Å². The SMILES string of the molecule is CN(C)C(=O)CN=C(NCCc1ccccc1)N1CCC(C(=O)N2CCOCC2)CC1.I. The number of hydrogen-bond donors (Lipinski definition) is 1. The van der Waals surface area contributed by atoms with E-state index in [1.165, 1.54) is 5.56 Å². The van der Waals surface area contributed by atoms with Crippen LogP contribution >= 0.6 is 24.0 Å². The topological polar surface area (TPSA) is 77.5 Å². The molecule has 3 rings (SSSR count). The minimum atomic E-state index is -0.0280. The number of rotatable bonds is 6. The molecule has 9 heteroatoms. The summed E-state index contributed by atoms with van der Waals surface area (Å²) in [5.74, 6) is 1.03. The van der Waals surface area contributed by atoms with Crippen molar-refractivity contribution in [3.05, 3.63) is 35.9 Å². The molecule has 1 N–H and O–H groups in total. The Balaban J connectivity index is 0.00000363. The number of morpholine rings is 1. The molecule has 2 aliphatic rings. The fourth-order valence-electron chi connectivity index (χ4n) is 3.90. The van der Waals surface area contributed by atoms with Crippen molar-refractivity contribution in [1.29, 1.82) is 0 Å². The van der Waals surface area contributed by atoms with E-state index in [2.05, 4.69) is 27.3 Å². The molecular formula is C23H36IN5O3. The number of hydrogen-bond acceptors (Lipinski definition) is 4. The number of amides is 2. The van der Waals surface area contributed by atoms with E-state index in [4.69, 9.17) is 4.74 Å². The average Bonchev–Trinajstić information content (AvgIpc) is 2.82. The molecule has 2 amide bonds. The molecule has 32 heavy (non-hydrogen) atoms. The van der Waals surface area contributed by atoms with Crippen LogP contribution in [0, 0.1) is 5.92 Å². The molecule has 1 aromatic carbocycles. The summed E-state index contributed by atoms with van der Waals surface area (Å²) in [6.07, 6.45) is 2.49. The summed E-state index contributed by atoms with van der Waals surface area (Å²) in [6.45, 7) is 5.03. The molecule has 2 heterocycles. The number of nitrogens with zero attached hydrogens (tertiary/aromatic N) is 4. The Labute approximate surface area is 208 Å². The largest absolute Gasteiger partial charge is 0.378 e. The molecule has 178 valence electrons. The van der Waals surface area contributed by atoms with E-state index in [9.17, 15) is 9.59 Å². The third-order valence-corrected chi connectivity index (χ3v) is 5.87. The maximum atomic E-state index is 12.8. The van der Waals surface area contributed by atoms with Crippen molar-refractivity contribution in [2.24, 2.45) is 10.9 Å². The van der Waals surface area contributed by atoms with Crippen LogP contribution in [0.25, 0.3) is 0 Å². The van der Waals surface area contributed by atoms with Crippen LogP contribution in [-0.4, -0.2) is 99.1 Å². The lowest BCUT2D eigenvalue weighted by molar-refractivity contribution is -0.140. The summed E-state index contributed by atoms with van der Waals surface area (Å²) >= 11 is 0. The lowest BCUT2D eigenvalue weighted by Crippen LogP contribution is -2.50. The second kappa shape index (κ2) is 13.6. The molecule has 0 spiro atoms. The van der Waals surface area contributed by atoms with E-state index in [1.54, 1.807) is 19.0 Å². The van der Waals surface area contributed by atoms with Crippen molar-refractivity contribution in [1.82, 2.24) is 20.0 Å². The predicted octanol–water partition coefficient (Wildman–Crippen LogP) is 1.45. The third kappa shape index (κ3) is 7.91. The van der Waals surface area contributed by atoms with Crippen LogP contribution in [0.3, 0.4) is 0 Å². The van der Waals surface area contributed by atoms with Gasteiger partial charge in [-0.25, -0.2) is 4.99 Å². The smallest absolute Gasteiger partial charge is 0.243 e. The molecular weight excluding hydrogens is 521 g/mol. The highest BCUT2D eigenvalue weighted by molar-refractivity contribution is 14.0. The average molecular weight is 557 g/mol. The zero-order chi connectivity index (χ0) is 22.1. The number of nitrogens with one attached hydrogen (secondary N) is 1. The maximum Gasteiger partial charge on any atom is 0.243 e. The van der Waals surface area contributed by atoms with Crippen LogP contribution in [0.1, 0.15) is 18.4 Å². The van der Waals surface area contributed by atoms with Gasteiger partial charge in [0.1, 0.15) is 6.54 Å². The fourth-order valence-corrected chi connectivity index (χ4v) is 3.90. The zero-order valence-corrected chi connectivity index (χ0v) is 21.5. The Bertz CT molecular complexity index is 745. The summed E-state index contributed by atoms with van der Waals surface area (Å²) in [7, 11) is 3.48. The van der Waals surface area contributed by atoms with Gasteiger partial charge in [-0.2, -0.15) is 0 Å². The van der Waals surface area contributed by atoms with E-state index < -0.39 is 0 Å². The molecule has 2 fully saturated rings. The van der Waals surface area contributed by atoms with Crippen LogP contribution in [0.15, 0.2) is 35.3 Å². The second-order valence-corrected chi connectivity index (χ2v) is 8.29. The van der Waals surface area contributed by atoms with Gasteiger partial charge in [-0.05, 0) is 24.8 Å². The number of aliphatic imine (C=N–C) groups is 1. The minimum absolute atomic E-state index is 0. The Kier molecular flexibility index (Phi) is 11.2. The van der Waals surface area contributed by atoms with Crippen LogP contribution in [-0.2, 0) is 20.7 Å². The van der Waals surface area contributed by atoms with E-state index >= 15 is 0 Å². The van der Waals surface area contributed by atoms with Crippen molar-refractivity contribution in [3.8, 4) is 0 Å². The number of carbonyl (C=O) groups excluding carboxylic acids is 2. The predicted molar refractivity (Wildman–Crippen MR) is 136 cm³/mol. The number of likely N-dealkylation sites (N-methyl/N-ethyl adjacent to an activating group) is 1. The first-order chi connectivity index (χ1) is 15.0. The van der Waals surface area contributed by atoms with E-state index in [0.717, 1.165) is 44.9 Å². The van der Waals surface area contributed by atoms with Gasteiger partial charge in [0.15, 0.2) is 5.96 Å². The monoisotopic (exact) mass is 557 g/mol. The summed E-state index contributed by atoms with van der Waals surface area (Å²) in [4.78, 5) is 35.1. The Hall–Kier alpha value is -1.88. The molecule has 0 radical (unpaired) electrons. The molecule has 0 aliphatic carbocycles. The molecule has 0 unspecified atom stereocenters. The van der Waals surface area contributed by atoms with Gasteiger partial charge in [-0.1, -0.05) is 30.3 Å². The molecule has 2 saturated heterocycles. The van der Waals surface area contributed by atoms with Gasteiger partial charge < -0.3 is 24.8 Å². The van der Waals surface area contributed by atoms with Gasteiger partial charge in [-0.15, -0.1) is 24.0 Å². The molecule has 0 atom stereocenters. The zero-order valence-electron chi connectivity index (χ0n) is 19.2. The Morgan fingerprint density at radius 3 is 2.34 bits per heavy atom. The first kappa shape index (κ1) is 26.4. The minimum Gasteiger partial charge on any atom is -0.378 e. The van der Waals surface area contributed by atoms with Gasteiger partial charge in [0.05, 0.1) is 13.2 Å². The van der Waals surface area contributed by atoms with Crippen molar-refractivity contribution < 1.29 is 14.3 Å². The maximum absolute atomic E-state index is 12.8. The van der Waals surface area contributed by atoms with E-state index in [-0.39, 0.29) is 48.3 Å². The third-order valence-electron chi connectivity index (χ3n) is 5.87. The molecule has 8 nitrogen and oxygen atoms in total. The van der Waals surface area contributed by atoms with Gasteiger partial charge in [0.2, 0.25) is 11.8 Å². The quantitative estimate of drug-likeness (QED) is 0.326. The van der Waals surface area contributed by atoms with Crippen LogP contribution < -0.4 is 5.32 Å². The number of piperidine rings is 1. The number of carbonyl (C=O) groups is 2. The summed E-state index contributed by atoms with van der Waals surface area (Å²) in [5, 5.41) is 3.43. The van der Waals surface area contributed by atoms with E-state index in [0.29, 0.717) is 26.3 Å². The number of guanidine groups is 1. The van der Waals surface area contributed by atoms with E-state index in [1.807, 2.05) is 23.1 Å². The highest BCUT2D eigenvalue weighted by Gasteiger charge is 2.30. The summed E-state index contributed by atoms with van der Waals surface area (Å²) in [5.41, 5.74) is 1.26. The molecule has 1 aromatic rings. The molecule has 0 saturated carbocycles. The lowest BCUT2D eigenvalue weighted by atomic mass is 9.95. The van der Waals surface area contributed by atoms with Crippen LogP contribution in [0.2, 0.25) is 0 Å². The van der Waals surface area contributed by atoms with Gasteiger partial charge in [-0.3, -0.25) is 9.59 Å². The summed E-state index contributed by atoms with van der Waals surface area (Å²) in [6, 6.07) is 10.3.